The number of hydrogen-bond acceptors (Lipinski definition) is 3. The van der Waals surface area contributed by atoms with Gasteiger partial charge < -0.3 is 14.5 Å². The van der Waals surface area contributed by atoms with E-state index in [1.807, 2.05) is 15.9 Å². The van der Waals surface area contributed by atoms with Crippen molar-refractivity contribution in [2.45, 2.75) is 0 Å². The predicted molar refractivity (Wildman–Crippen MR) is 91.3 cm³/mol. The molecule has 5 nitrogen and oxygen atoms in total. The molecule has 0 aliphatic carbocycles. The maximum Gasteiger partial charge on any atom is 0.320 e. The van der Waals surface area contributed by atoms with Gasteiger partial charge in [-0.05, 0) is 5.56 Å². The minimum Gasteiger partial charge on any atom is -0.378 e. The molecule has 1 aromatic carbocycles. The van der Waals surface area contributed by atoms with Gasteiger partial charge in [-0.3, -0.25) is 4.90 Å². The van der Waals surface area contributed by atoms with Gasteiger partial charge in [-0.25, -0.2) is 4.79 Å². The number of piperazine rings is 1. The first kappa shape index (κ1) is 16.0. The van der Waals surface area contributed by atoms with E-state index in [1.165, 1.54) is 5.56 Å². The molecule has 0 saturated carbocycles. The average molecular weight is 315 g/mol. The van der Waals surface area contributed by atoms with Crippen LogP contribution in [0.5, 0.6) is 0 Å². The lowest BCUT2D eigenvalue weighted by atomic mass is 10.2. The molecular formula is C18H25N3O2. The fourth-order valence-electron chi connectivity index (χ4n) is 2.98. The zero-order valence-corrected chi connectivity index (χ0v) is 13.6. The Labute approximate surface area is 138 Å². The van der Waals surface area contributed by atoms with Gasteiger partial charge in [-0.15, -0.1) is 0 Å². The standard InChI is InChI=1S/C18H25N3O2/c22-18(21-13-15-23-16-14-21)20-11-9-19(10-12-20)8-4-7-17-5-2-1-3-6-17/h1-7H,8-16H2/b7-4+. The van der Waals surface area contributed by atoms with Gasteiger partial charge >= 0.3 is 6.03 Å². The normalized spacial score (nSPS) is 20.2. The Kier molecular flexibility index (Phi) is 5.66. The number of nitrogens with zero attached hydrogens (tertiary/aromatic N) is 3. The van der Waals surface area contributed by atoms with E-state index < -0.39 is 0 Å². The van der Waals surface area contributed by atoms with Gasteiger partial charge in [-0.2, -0.15) is 0 Å². The number of carbonyl (C=O) groups excluding carboxylic acids is 1. The average Bonchev–Trinajstić information content (AvgIpc) is 2.63. The highest BCUT2D eigenvalue weighted by molar-refractivity contribution is 5.74. The SMILES string of the molecule is O=C(N1CCOCC1)N1CCN(C/C=C/c2ccccc2)CC1. The number of carbonyl (C=O) groups is 1. The first-order valence-corrected chi connectivity index (χ1v) is 8.38. The van der Waals surface area contributed by atoms with E-state index in [0.717, 1.165) is 45.8 Å². The van der Waals surface area contributed by atoms with Crippen LogP contribution in [0.1, 0.15) is 5.56 Å². The van der Waals surface area contributed by atoms with Gasteiger partial charge in [0.1, 0.15) is 0 Å². The summed E-state index contributed by atoms with van der Waals surface area (Å²) in [6.07, 6.45) is 4.36. The van der Waals surface area contributed by atoms with Gasteiger partial charge in [0.05, 0.1) is 13.2 Å². The lowest BCUT2D eigenvalue weighted by Crippen LogP contribution is -2.54. The van der Waals surface area contributed by atoms with Crippen LogP contribution in [0.4, 0.5) is 4.79 Å². The molecule has 2 amide bonds. The van der Waals surface area contributed by atoms with E-state index in [1.54, 1.807) is 0 Å². The first-order chi connectivity index (χ1) is 11.3. The lowest BCUT2D eigenvalue weighted by molar-refractivity contribution is 0.0383. The van der Waals surface area contributed by atoms with Gasteiger partial charge in [0.25, 0.3) is 0 Å². The van der Waals surface area contributed by atoms with Gasteiger partial charge in [0.15, 0.2) is 0 Å². The molecule has 0 N–H and O–H groups in total. The molecule has 5 heteroatoms. The number of urea groups is 1. The molecule has 3 rings (SSSR count). The molecule has 0 bridgehead atoms. The molecule has 2 aliphatic rings. The lowest BCUT2D eigenvalue weighted by Gasteiger charge is -2.38. The Morgan fingerprint density at radius 3 is 2.30 bits per heavy atom. The second kappa shape index (κ2) is 8.13. The van der Waals surface area contributed by atoms with Crippen molar-refractivity contribution in [2.75, 3.05) is 59.0 Å². The van der Waals surface area contributed by atoms with Crippen LogP contribution in [-0.2, 0) is 4.74 Å². The Bertz CT molecular complexity index is 518. The molecule has 2 fully saturated rings. The molecule has 0 unspecified atom stereocenters. The van der Waals surface area contributed by atoms with Crippen molar-refractivity contribution in [1.82, 2.24) is 14.7 Å². The molecule has 0 spiro atoms. The summed E-state index contributed by atoms with van der Waals surface area (Å²) < 4.78 is 5.31. The minimum atomic E-state index is 0.174. The summed E-state index contributed by atoms with van der Waals surface area (Å²) in [5.74, 6) is 0. The van der Waals surface area contributed by atoms with Crippen LogP contribution < -0.4 is 0 Å². The molecule has 0 radical (unpaired) electrons. The minimum absolute atomic E-state index is 0.174. The Balaban J connectivity index is 1.41. The van der Waals surface area contributed by atoms with Crippen molar-refractivity contribution >= 4 is 12.1 Å². The quantitative estimate of drug-likeness (QED) is 0.853. The molecule has 2 saturated heterocycles. The summed E-state index contributed by atoms with van der Waals surface area (Å²) in [6, 6.07) is 10.5. The third-order valence-corrected chi connectivity index (χ3v) is 4.40. The molecule has 1 aromatic rings. The Hall–Kier alpha value is -1.85. The molecule has 2 heterocycles. The van der Waals surface area contributed by atoms with Crippen LogP contribution in [0, 0.1) is 0 Å². The van der Waals surface area contributed by atoms with Gasteiger partial charge in [0, 0.05) is 45.8 Å². The fourth-order valence-corrected chi connectivity index (χ4v) is 2.98. The smallest absolute Gasteiger partial charge is 0.320 e. The predicted octanol–water partition coefficient (Wildman–Crippen LogP) is 1.77. The maximum absolute atomic E-state index is 12.4. The zero-order chi connectivity index (χ0) is 15.9. The van der Waals surface area contributed by atoms with Crippen molar-refractivity contribution in [3.8, 4) is 0 Å². The van der Waals surface area contributed by atoms with E-state index in [0.29, 0.717) is 13.2 Å². The first-order valence-electron chi connectivity index (χ1n) is 8.38. The third kappa shape index (κ3) is 4.56. The highest BCUT2D eigenvalue weighted by Crippen LogP contribution is 2.08. The van der Waals surface area contributed by atoms with Crippen LogP contribution in [-0.4, -0.2) is 79.8 Å². The summed E-state index contributed by atoms with van der Waals surface area (Å²) >= 11 is 0. The molecule has 124 valence electrons. The summed E-state index contributed by atoms with van der Waals surface area (Å²) in [4.78, 5) is 18.7. The van der Waals surface area contributed by atoms with Crippen LogP contribution in [0.3, 0.4) is 0 Å². The van der Waals surface area contributed by atoms with E-state index in [9.17, 15) is 4.79 Å². The van der Waals surface area contributed by atoms with Crippen molar-refractivity contribution in [1.29, 1.82) is 0 Å². The molecule has 2 aliphatic heterocycles. The number of amides is 2. The van der Waals surface area contributed by atoms with E-state index in [2.05, 4.69) is 41.3 Å². The van der Waals surface area contributed by atoms with E-state index in [-0.39, 0.29) is 6.03 Å². The number of morpholine rings is 1. The van der Waals surface area contributed by atoms with Gasteiger partial charge in [-0.1, -0.05) is 42.5 Å². The summed E-state index contributed by atoms with van der Waals surface area (Å²) in [5.41, 5.74) is 1.23. The Morgan fingerprint density at radius 1 is 0.957 bits per heavy atom. The van der Waals surface area contributed by atoms with Crippen LogP contribution >= 0.6 is 0 Å². The molecule has 0 aromatic heterocycles. The largest absolute Gasteiger partial charge is 0.378 e. The van der Waals surface area contributed by atoms with E-state index >= 15 is 0 Å². The monoisotopic (exact) mass is 315 g/mol. The third-order valence-electron chi connectivity index (χ3n) is 4.40. The zero-order valence-electron chi connectivity index (χ0n) is 13.6. The topological polar surface area (TPSA) is 36.0 Å². The second-order valence-electron chi connectivity index (χ2n) is 5.98. The van der Waals surface area contributed by atoms with Crippen molar-refractivity contribution in [3.05, 3.63) is 42.0 Å². The van der Waals surface area contributed by atoms with E-state index in [4.69, 9.17) is 4.74 Å². The van der Waals surface area contributed by atoms with Crippen LogP contribution in [0.15, 0.2) is 36.4 Å². The van der Waals surface area contributed by atoms with Gasteiger partial charge in [0.2, 0.25) is 0 Å². The molecule has 23 heavy (non-hydrogen) atoms. The van der Waals surface area contributed by atoms with Crippen LogP contribution in [0.25, 0.3) is 6.08 Å². The molecule has 0 atom stereocenters. The number of ether oxygens (including phenoxy) is 1. The number of benzene rings is 1. The summed E-state index contributed by atoms with van der Waals surface area (Å²) in [7, 11) is 0. The van der Waals surface area contributed by atoms with Crippen molar-refractivity contribution in [2.24, 2.45) is 0 Å². The van der Waals surface area contributed by atoms with Crippen molar-refractivity contribution < 1.29 is 9.53 Å². The molecular weight excluding hydrogens is 290 g/mol. The maximum atomic E-state index is 12.4. The van der Waals surface area contributed by atoms with Crippen LogP contribution in [0.2, 0.25) is 0 Å². The number of rotatable bonds is 3. The Morgan fingerprint density at radius 2 is 1.61 bits per heavy atom. The highest BCUT2D eigenvalue weighted by Gasteiger charge is 2.25. The highest BCUT2D eigenvalue weighted by atomic mass is 16.5. The second-order valence-corrected chi connectivity index (χ2v) is 5.98. The summed E-state index contributed by atoms with van der Waals surface area (Å²) in [6.45, 7) is 7.22. The summed E-state index contributed by atoms with van der Waals surface area (Å²) in [5, 5.41) is 0. The van der Waals surface area contributed by atoms with Crippen molar-refractivity contribution in [3.63, 3.8) is 0 Å². The number of hydrogen-bond donors (Lipinski definition) is 0. The fraction of sp³-hybridized carbons (Fsp3) is 0.500.